The molecule has 3 heterocycles. The molecule has 0 saturated carbocycles. The maximum absolute atomic E-state index is 11.4. The van der Waals surface area contributed by atoms with Crippen LogP contribution in [0.2, 0.25) is 0 Å². The van der Waals surface area contributed by atoms with Gasteiger partial charge in [0.1, 0.15) is 0 Å². The number of carbonyl (C=O) groups excluding carboxylic acids is 1. The van der Waals surface area contributed by atoms with Gasteiger partial charge in [0.15, 0.2) is 11.4 Å². The molecule has 2 aliphatic rings. The smallest absolute Gasteiger partial charge is 0.186 e. The molecule has 2 unspecified atom stereocenters. The number of thiazole rings is 1. The number of hydrogen-bond donors (Lipinski definition) is 0. The highest BCUT2D eigenvalue weighted by Gasteiger charge is 2.36. The molecular weight excluding hydrogens is 282 g/mol. The van der Waals surface area contributed by atoms with Gasteiger partial charge in [0.2, 0.25) is 0 Å². The Morgan fingerprint density at radius 3 is 2.71 bits per heavy atom. The second-order valence-electron chi connectivity index (χ2n) is 7.37. The van der Waals surface area contributed by atoms with Gasteiger partial charge in [-0.3, -0.25) is 9.69 Å². The Morgan fingerprint density at radius 2 is 2.10 bits per heavy atom. The van der Waals surface area contributed by atoms with Crippen LogP contribution in [0.5, 0.6) is 0 Å². The van der Waals surface area contributed by atoms with E-state index in [4.69, 9.17) is 4.98 Å². The Kier molecular flexibility index (Phi) is 3.82. The largest absolute Gasteiger partial charge is 0.343 e. The zero-order valence-electron chi connectivity index (χ0n) is 13.4. The van der Waals surface area contributed by atoms with E-state index in [0.717, 1.165) is 35.1 Å². The van der Waals surface area contributed by atoms with Crippen LogP contribution in [0.3, 0.4) is 0 Å². The molecule has 0 spiro atoms. The van der Waals surface area contributed by atoms with Crippen molar-refractivity contribution in [1.29, 1.82) is 0 Å². The van der Waals surface area contributed by atoms with Gasteiger partial charge >= 0.3 is 0 Å². The first-order valence-corrected chi connectivity index (χ1v) is 8.69. The zero-order chi connectivity index (χ0) is 15.2. The van der Waals surface area contributed by atoms with Crippen molar-refractivity contribution in [2.75, 3.05) is 24.5 Å². The second kappa shape index (κ2) is 5.36. The van der Waals surface area contributed by atoms with Gasteiger partial charge in [0, 0.05) is 30.6 Å². The van der Waals surface area contributed by atoms with Gasteiger partial charge < -0.3 is 4.90 Å². The number of piperazine rings is 1. The summed E-state index contributed by atoms with van der Waals surface area (Å²) in [4.78, 5) is 22.0. The zero-order valence-corrected chi connectivity index (χ0v) is 14.2. The van der Waals surface area contributed by atoms with E-state index < -0.39 is 0 Å². The van der Waals surface area contributed by atoms with Gasteiger partial charge in [-0.15, -0.1) is 0 Å². The number of carbonyl (C=O) groups is 1. The first-order chi connectivity index (χ1) is 9.90. The summed E-state index contributed by atoms with van der Waals surface area (Å²) in [6, 6.07) is 1.14. The van der Waals surface area contributed by atoms with Gasteiger partial charge in [-0.1, -0.05) is 32.1 Å². The van der Waals surface area contributed by atoms with Crippen molar-refractivity contribution in [2.45, 2.75) is 58.0 Å². The fraction of sp³-hybridized carbons (Fsp3) is 0.750. The van der Waals surface area contributed by atoms with E-state index in [1.807, 2.05) is 0 Å². The predicted molar refractivity (Wildman–Crippen MR) is 87.6 cm³/mol. The number of fused-ring (bicyclic) bond motifs is 1. The third-order valence-electron chi connectivity index (χ3n) is 4.64. The third kappa shape index (κ3) is 2.73. The van der Waals surface area contributed by atoms with E-state index in [1.54, 1.807) is 11.3 Å². The molecule has 0 aromatic carbocycles. The molecule has 0 aliphatic carbocycles. The molecule has 5 heteroatoms. The minimum Gasteiger partial charge on any atom is -0.343 e. The lowest BCUT2D eigenvalue weighted by atomic mass is 9.91. The highest BCUT2D eigenvalue weighted by molar-refractivity contribution is 7.17. The molecular formula is C16H25N3OS. The lowest BCUT2D eigenvalue weighted by molar-refractivity contribution is 0.112. The number of aldehydes is 1. The third-order valence-corrected chi connectivity index (χ3v) is 5.66. The molecule has 0 bridgehead atoms. The Balaban J connectivity index is 1.89. The van der Waals surface area contributed by atoms with Crippen LogP contribution in [0.4, 0.5) is 5.13 Å². The van der Waals surface area contributed by atoms with Crippen molar-refractivity contribution in [3.05, 3.63) is 10.6 Å². The van der Waals surface area contributed by atoms with Crippen LogP contribution in [0.1, 0.15) is 55.9 Å². The SMILES string of the molecule is CC1CN2CCCC2CN1c1nc(C(C)(C)C)c(C=O)s1. The molecule has 2 aliphatic heterocycles. The molecule has 2 saturated heterocycles. The monoisotopic (exact) mass is 307 g/mol. The summed E-state index contributed by atoms with van der Waals surface area (Å²) in [5.41, 5.74) is 0.863. The van der Waals surface area contributed by atoms with E-state index in [2.05, 4.69) is 37.5 Å². The highest BCUT2D eigenvalue weighted by Crippen LogP contribution is 2.36. The fourth-order valence-corrected chi connectivity index (χ4v) is 4.72. The van der Waals surface area contributed by atoms with Gasteiger partial charge in [0.25, 0.3) is 0 Å². The van der Waals surface area contributed by atoms with Gasteiger partial charge in [-0.2, -0.15) is 0 Å². The minimum atomic E-state index is -0.0799. The lowest BCUT2D eigenvalue weighted by Gasteiger charge is -2.42. The van der Waals surface area contributed by atoms with Crippen molar-refractivity contribution < 1.29 is 4.79 Å². The van der Waals surface area contributed by atoms with Crippen molar-refractivity contribution >= 4 is 22.8 Å². The number of nitrogens with zero attached hydrogens (tertiary/aromatic N) is 3. The van der Waals surface area contributed by atoms with E-state index in [1.165, 1.54) is 19.4 Å². The molecule has 0 radical (unpaired) electrons. The van der Waals surface area contributed by atoms with Gasteiger partial charge in [-0.25, -0.2) is 4.98 Å². The van der Waals surface area contributed by atoms with E-state index >= 15 is 0 Å². The maximum Gasteiger partial charge on any atom is 0.186 e. The minimum absolute atomic E-state index is 0.0799. The normalized spacial score (nSPS) is 27.0. The first kappa shape index (κ1) is 15.0. The number of rotatable bonds is 2. The summed E-state index contributed by atoms with van der Waals surface area (Å²) < 4.78 is 0. The lowest BCUT2D eigenvalue weighted by Crippen LogP contribution is -2.55. The van der Waals surface area contributed by atoms with Gasteiger partial charge in [0.05, 0.1) is 10.6 Å². The average Bonchev–Trinajstić information content (AvgIpc) is 3.01. The van der Waals surface area contributed by atoms with Crippen LogP contribution in [-0.2, 0) is 5.41 Å². The molecule has 4 nitrogen and oxygen atoms in total. The maximum atomic E-state index is 11.4. The van der Waals surface area contributed by atoms with Crippen LogP contribution in [0, 0.1) is 0 Å². The van der Waals surface area contributed by atoms with Crippen LogP contribution < -0.4 is 4.90 Å². The fourth-order valence-electron chi connectivity index (χ4n) is 3.51. The van der Waals surface area contributed by atoms with Crippen LogP contribution in [0.15, 0.2) is 0 Å². The molecule has 2 fully saturated rings. The summed E-state index contributed by atoms with van der Waals surface area (Å²) in [5.74, 6) is 0. The van der Waals surface area contributed by atoms with Crippen LogP contribution >= 0.6 is 11.3 Å². The Bertz CT molecular complexity index is 534. The first-order valence-electron chi connectivity index (χ1n) is 7.87. The van der Waals surface area contributed by atoms with E-state index in [-0.39, 0.29) is 5.41 Å². The summed E-state index contributed by atoms with van der Waals surface area (Å²) in [6.07, 6.45) is 3.58. The Hall–Kier alpha value is -0.940. The number of hydrogen-bond acceptors (Lipinski definition) is 5. The molecule has 116 valence electrons. The topological polar surface area (TPSA) is 36.4 Å². The second-order valence-corrected chi connectivity index (χ2v) is 8.38. The Morgan fingerprint density at radius 1 is 1.33 bits per heavy atom. The van der Waals surface area contributed by atoms with E-state index in [0.29, 0.717) is 12.1 Å². The van der Waals surface area contributed by atoms with E-state index in [9.17, 15) is 4.79 Å². The standard InChI is InChI=1S/C16H25N3OS/c1-11-8-18-7-5-6-12(18)9-19(11)15-17-14(16(2,3)4)13(10-20)21-15/h10-12H,5-9H2,1-4H3. The summed E-state index contributed by atoms with van der Waals surface area (Å²) >= 11 is 1.56. The summed E-state index contributed by atoms with van der Waals surface area (Å²) in [6.45, 7) is 12.1. The van der Waals surface area contributed by atoms with Crippen molar-refractivity contribution in [3.63, 3.8) is 0 Å². The van der Waals surface area contributed by atoms with Crippen LogP contribution in [0.25, 0.3) is 0 Å². The van der Waals surface area contributed by atoms with Crippen LogP contribution in [-0.4, -0.2) is 47.9 Å². The molecule has 0 amide bonds. The molecule has 2 atom stereocenters. The highest BCUT2D eigenvalue weighted by atomic mass is 32.1. The quantitative estimate of drug-likeness (QED) is 0.787. The molecule has 1 aromatic rings. The predicted octanol–water partition coefficient (Wildman–Crippen LogP) is 2.93. The number of aromatic nitrogens is 1. The molecule has 3 rings (SSSR count). The molecule has 0 N–H and O–H groups in total. The van der Waals surface area contributed by atoms with Gasteiger partial charge in [-0.05, 0) is 26.3 Å². The number of anilines is 1. The van der Waals surface area contributed by atoms with Crippen molar-refractivity contribution in [2.24, 2.45) is 0 Å². The van der Waals surface area contributed by atoms with Crippen molar-refractivity contribution in [3.8, 4) is 0 Å². The summed E-state index contributed by atoms with van der Waals surface area (Å²) in [7, 11) is 0. The van der Waals surface area contributed by atoms with Crippen molar-refractivity contribution in [1.82, 2.24) is 9.88 Å². The molecule has 21 heavy (non-hydrogen) atoms. The Labute approximate surface area is 131 Å². The summed E-state index contributed by atoms with van der Waals surface area (Å²) in [5, 5.41) is 1.03. The average molecular weight is 307 g/mol. The molecule has 1 aromatic heterocycles.